The smallest absolute Gasteiger partial charge is 0.254 e. The Kier molecular flexibility index (Phi) is 10.5. The maximum atomic E-state index is 13.8. The summed E-state index contributed by atoms with van der Waals surface area (Å²) in [7, 11) is 0. The second-order valence-corrected chi connectivity index (χ2v) is 10.4. The Morgan fingerprint density at radius 1 is 0.775 bits per heavy atom. The summed E-state index contributed by atoms with van der Waals surface area (Å²) in [6.45, 7) is 5.61. The van der Waals surface area contributed by atoms with Crippen molar-refractivity contribution in [2.75, 3.05) is 19.6 Å². The molecule has 0 saturated heterocycles. The predicted molar refractivity (Wildman–Crippen MR) is 160 cm³/mol. The molecule has 5 nitrogen and oxygen atoms in total. The van der Waals surface area contributed by atoms with E-state index in [9.17, 15) is 14.0 Å². The zero-order valence-corrected chi connectivity index (χ0v) is 23.7. The van der Waals surface area contributed by atoms with Crippen LogP contribution in [0.3, 0.4) is 0 Å². The first-order valence-corrected chi connectivity index (χ1v) is 14.4. The summed E-state index contributed by atoms with van der Waals surface area (Å²) in [6.07, 6.45) is 7.65. The normalized spacial score (nSPS) is 11.1. The molecular formula is C34H40FN3O2. The number of carbonyl (C=O) groups excluding carboxylic acids is 2. The third-order valence-electron chi connectivity index (χ3n) is 7.38. The third kappa shape index (κ3) is 7.81. The fourth-order valence-corrected chi connectivity index (χ4v) is 4.94. The van der Waals surface area contributed by atoms with Crippen molar-refractivity contribution in [2.45, 2.75) is 58.9 Å². The maximum absolute atomic E-state index is 13.8. The first-order valence-electron chi connectivity index (χ1n) is 14.4. The number of aryl methyl sites for hydroxylation is 1. The highest BCUT2D eigenvalue weighted by Crippen LogP contribution is 2.19. The quantitative estimate of drug-likeness (QED) is 0.184. The van der Waals surface area contributed by atoms with Gasteiger partial charge < -0.3 is 14.8 Å². The minimum Gasteiger partial charge on any atom is -0.361 e. The van der Waals surface area contributed by atoms with Crippen LogP contribution >= 0.6 is 0 Å². The lowest BCUT2D eigenvalue weighted by Crippen LogP contribution is -2.43. The van der Waals surface area contributed by atoms with Crippen LogP contribution in [0.5, 0.6) is 0 Å². The van der Waals surface area contributed by atoms with Crippen molar-refractivity contribution in [3.63, 3.8) is 0 Å². The molecule has 6 heteroatoms. The number of aromatic nitrogens is 1. The van der Waals surface area contributed by atoms with Crippen LogP contribution in [0.1, 0.15) is 66.6 Å². The molecule has 0 aliphatic carbocycles. The van der Waals surface area contributed by atoms with Gasteiger partial charge in [0.05, 0.1) is 0 Å². The zero-order chi connectivity index (χ0) is 28.3. The van der Waals surface area contributed by atoms with Crippen LogP contribution < -0.4 is 0 Å². The Labute approximate surface area is 237 Å². The summed E-state index contributed by atoms with van der Waals surface area (Å²) in [5.41, 5.74) is 4.87. The van der Waals surface area contributed by atoms with Crippen LogP contribution in [0.15, 0.2) is 79.0 Å². The molecule has 1 N–H and O–H groups in total. The van der Waals surface area contributed by atoms with Gasteiger partial charge in [-0.2, -0.15) is 0 Å². The van der Waals surface area contributed by atoms with E-state index in [1.54, 1.807) is 21.9 Å². The Morgan fingerprint density at radius 3 is 2.20 bits per heavy atom. The minimum absolute atomic E-state index is 0.00546. The number of carbonyl (C=O) groups is 2. The number of para-hydroxylation sites is 1. The molecule has 0 spiro atoms. The first kappa shape index (κ1) is 29.1. The summed E-state index contributed by atoms with van der Waals surface area (Å²) < 4.78 is 13.6. The van der Waals surface area contributed by atoms with Gasteiger partial charge in [0.2, 0.25) is 5.91 Å². The number of benzene rings is 3. The fraction of sp³-hybridized carbons (Fsp3) is 0.353. The van der Waals surface area contributed by atoms with Crippen LogP contribution in [-0.2, 0) is 24.2 Å². The number of hydrogen-bond acceptors (Lipinski definition) is 2. The topological polar surface area (TPSA) is 56.4 Å². The van der Waals surface area contributed by atoms with E-state index in [1.165, 1.54) is 17.7 Å². The number of rotatable bonds is 14. The molecule has 0 atom stereocenters. The van der Waals surface area contributed by atoms with Gasteiger partial charge in [-0.25, -0.2) is 4.39 Å². The summed E-state index contributed by atoms with van der Waals surface area (Å²) in [6, 6.07) is 22.2. The van der Waals surface area contributed by atoms with Crippen molar-refractivity contribution in [1.82, 2.24) is 14.8 Å². The molecule has 0 fully saturated rings. The maximum Gasteiger partial charge on any atom is 0.254 e. The lowest BCUT2D eigenvalue weighted by Gasteiger charge is -2.28. The Morgan fingerprint density at radius 2 is 1.48 bits per heavy atom. The lowest BCUT2D eigenvalue weighted by atomic mass is 10.1. The van der Waals surface area contributed by atoms with Crippen molar-refractivity contribution in [2.24, 2.45) is 0 Å². The van der Waals surface area contributed by atoms with Gasteiger partial charge >= 0.3 is 0 Å². The van der Waals surface area contributed by atoms with Crippen LogP contribution in [0.4, 0.5) is 4.39 Å². The summed E-state index contributed by atoms with van der Waals surface area (Å²) in [4.78, 5) is 34.1. The van der Waals surface area contributed by atoms with Gasteiger partial charge in [-0.15, -0.1) is 0 Å². The van der Waals surface area contributed by atoms with Gasteiger partial charge in [-0.3, -0.25) is 9.59 Å². The molecule has 2 amide bonds. The first-order chi connectivity index (χ1) is 19.5. The monoisotopic (exact) mass is 541 g/mol. The van der Waals surface area contributed by atoms with Crippen molar-refractivity contribution in [3.05, 3.63) is 107 Å². The number of hydrogen-bond donors (Lipinski definition) is 1. The number of aromatic amines is 1. The Balaban J connectivity index is 1.51. The average molecular weight is 542 g/mol. The molecule has 0 bridgehead atoms. The predicted octanol–water partition coefficient (Wildman–Crippen LogP) is 7.16. The van der Waals surface area contributed by atoms with E-state index in [0.29, 0.717) is 31.6 Å². The molecule has 1 aromatic heterocycles. The van der Waals surface area contributed by atoms with Gasteiger partial charge in [0.1, 0.15) is 12.4 Å². The molecule has 1 heterocycles. The van der Waals surface area contributed by atoms with E-state index in [1.807, 2.05) is 48.7 Å². The van der Waals surface area contributed by atoms with Crippen molar-refractivity contribution in [3.8, 4) is 0 Å². The SMILES string of the molecule is CCCCc1ccc(C(=O)N(CCCC)CC(=O)N(CCc2c[nH]c3ccccc23)Cc2ccc(F)cc2)cc1. The van der Waals surface area contributed by atoms with Crippen LogP contribution in [-0.4, -0.2) is 46.2 Å². The molecule has 210 valence electrons. The van der Waals surface area contributed by atoms with Crippen LogP contribution in [0, 0.1) is 5.82 Å². The lowest BCUT2D eigenvalue weighted by molar-refractivity contribution is -0.132. The van der Waals surface area contributed by atoms with Gasteiger partial charge in [0.15, 0.2) is 0 Å². The fourth-order valence-electron chi connectivity index (χ4n) is 4.94. The molecule has 0 radical (unpaired) electrons. The molecule has 0 unspecified atom stereocenters. The van der Waals surface area contributed by atoms with Gasteiger partial charge in [0, 0.05) is 42.3 Å². The molecule has 4 aromatic rings. The molecule has 0 aliphatic rings. The van der Waals surface area contributed by atoms with E-state index in [-0.39, 0.29) is 24.2 Å². The van der Waals surface area contributed by atoms with Gasteiger partial charge in [-0.1, -0.05) is 69.2 Å². The largest absolute Gasteiger partial charge is 0.361 e. The average Bonchev–Trinajstić information content (AvgIpc) is 3.40. The highest BCUT2D eigenvalue weighted by molar-refractivity contribution is 5.96. The van der Waals surface area contributed by atoms with Crippen LogP contribution in [0.2, 0.25) is 0 Å². The summed E-state index contributed by atoms with van der Waals surface area (Å²) in [5, 5.41) is 1.14. The van der Waals surface area contributed by atoms with E-state index in [2.05, 4.69) is 24.9 Å². The summed E-state index contributed by atoms with van der Waals surface area (Å²) >= 11 is 0. The van der Waals surface area contributed by atoms with E-state index in [4.69, 9.17) is 0 Å². The van der Waals surface area contributed by atoms with Gasteiger partial charge in [0.25, 0.3) is 5.91 Å². The highest BCUT2D eigenvalue weighted by Gasteiger charge is 2.23. The number of H-pyrrole nitrogens is 1. The van der Waals surface area contributed by atoms with E-state index in [0.717, 1.165) is 54.1 Å². The Hall–Kier alpha value is -3.93. The van der Waals surface area contributed by atoms with Crippen molar-refractivity contribution in [1.29, 1.82) is 0 Å². The number of nitrogens with one attached hydrogen (secondary N) is 1. The standard InChI is InChI=1S/C34H40FN3O2/c1-3-5-9-26-12-16-28(17-13-26)34(40)38(21-6-4-2)25-33(39)37(24-27-14-18-30(35)19-15-27)22-20-29-23-36-32-11-8-7-10-31(29)32/h7-8,10-19,23,36H,3-6,9,20-22,24-25H2,1-2H3. The number of nitrogens with zero attached hydrogens (tertiary/aromatic N) is 2. The zero-order valence-electron chi connectivity index (χ0n) is 23.7. The molecule has 40 heavy (non-hydrogen) atoms. The number of halogens is 1. The molecule has 4 rings (SSSR count). The third-order valence-corrected chi connectivity index (χ3v) is 7.38. The van der Waals surface area contributed by atoms with E-state index >= 15 is 0 Å². The number of unbranched alkanes of at least 4 members (excludes halogenated alkanes) is 2. The number of fused-ring (bicyclic) bond motifs is 1. The number of amides is 2. The molecular weight excluding hydrogens is 501 g/mol. The summed E-state index contributed by atoms with van der Waals surface area (Å²) in [5.74, 6) is -0.548. The molecule has 0 saturated carbocycles. The Bertz CT molecular complexity index is 1380. The highest BCUT2D eigenvalue weighted by atomic mass is 19.1. The molecule has 3 aromatic carbocycles. The van der Waals surface area contributed by atoms with Gasteiger partial charge in [-0.05, 0) is 72.7 Å². The van der Waals surface area contributed by atoms with E-state index < -0.39 is 0 Å². The second-order valence-electron chi connectivity index (χ2n) is 10.4. The minimum atomic E-state index is -0.308. The molecule has 0 aliphatic heterocycles. The van der Waals surface area contributed by atoms with Crippen molar-refractivity contribution < 1.29 is 14.0 Å². The van der Waals surface area contributed by atoms with Crippen LogP contribution in [0.25, 0.3) is 10.9 Å². The second kappa shape index (κ2) is 14.5. The van der Waals surface area contributed by atoms with Crippen molar-refractivity contribution >= 4 is 22.7 Å².